The minimum atomic E-state index is -3.80. The number of ether oxygens (including phenoxy) is 1. The van der Waals surface area contributed by atoms with Crippen LogP contribution in [0.4, 0.5) is 8.78 Å². The van der Waals surface area contributed by atoms with Crippen molar-refractivity contribution in [2.75, 3.05) is 19.5 Å². The second-order valence-corrected chi connectivity index (χ2v) is 6.71. The van der Waals surface area contributed by atoms with E-state index in [4.69, 9.17) is 8.92 Å². The Morgan fingerprint density at radius 1 is 1.28 bits per heavy atom. The molecule has 1 atom stereocenters. The van der Waals surface area contributed by atoms with Crippen molar-refractivity contribution in [2.24, 2.45) is 0 Å². The SMILES string of the molecule is CCOC(=O)c1c(F)ncn1C(COS(C)(=O)=O)c1ccc(F)cc1. The number of rotatable bonds is 7. The first-order valence-corrected chi connectivity index (χ1v) is 9.04. The molecule has 0 amide bonds. The molecule has 0 radical (unpaired) electrons. The molecule has 1 aromatic carbocycles. The molecule has 0 spiro atoms. The zero-order valence-corrected chi connectivity index (χ0v) is 14.3. The molecule has 25 heavy (non-hydrogen) atoms. The van der Waals surface area contributed by atoms with E-state index in [1.54, 1.807) is 6.92 Å². The van der Waals surface area contributed by atoms with E-state index in [0.29, 0.717) is 5.56 Å². The standard InChI is InChI=1S/C15H16F2N2O5S/c1-3-23-15(20)13-14(17)18-9-19(13)12(8-24-25(2,21)22)10-4-6-11(16)7-5-10/h4-7,9,12H,3,8H2,1-2H3. The maximum atomic E-state index is 13.9. The Bertz CT molecular complexity index is 849. The van der Waals surface area contributed by atoms with Gasteiger partial charge in [-0.3, -0.25) is 4.18 Å². The van der Waals surface area contributed by atoms with Gasteiger partial charge in [0.1, 0.15) is 5.82 Å². The van der Waals surface area contributed by atoms with Crippen molar-refractivity contribution in [3.63, 3.8) is 0 Å². The molecular weight excluding hydrogens is 358 g/mol. The van der Waals surface area contributed by atoms with Crippen LogP contribution in [0.15, 0.2) is 30.6 Å². The molecule has 136 valence electrons. The zero-order valence-electron chi connectivity index (χ0n) is 13.5. The van der Waals surface area contributed by atoms with Gasteiger partial charge in [-0.05, 0) is 24.6 Å². The second-order valence-electron chi connectivity index (χ2n) is 5.07. The van der Waals surface area contributed by atoms with Crippen LogP contribution in [0, 0.1) is 11.8 Å². The molecule has 2 rings (SSSR count). The van der Waals surface area contributed by atoms with Gasteiger partial charge in [0.25, 0.3) is 10.1 Å². The van der Waals surface area contributed by atoms with Crippen molar-refractivity contribution in [1.82, 2.24) is 9.55 Å². The summed E-state index contributed by atoms with van der Waals surface area (Å²) < 4.78 is 60.4. The van der Waals surface area contributed by atoms with Crippen molar-refractivity contribution in [3.05, 3.63) is 53.6 Å². The quantitative estimate of drug-likeness (QED) is 0.543. The normalized spacial score (nSPS) is 12.8. The first-order valence-electron chi connectivity index (χ1n) is 7.22. The summed E-state index contributed by atoms with van der Waals surface area (Å²) in [6.07, 6.45) is 1.89. The van der Waals surface area contributed by atoms with Gasteiger partial charge in [0.05, 0.1) is 31.8 Å². The van der Waals surface area contributed by atoms with Gasteiger partial charge in [-0.2, -0.15) is 12.8 Å². The van der Waals surface area contributed by atoms with Gasteiger partial charge in [0.15, 0.2) is 5.69 Å². The molecule has 1 heterocycles. The summed E-state index contributed by atoms with van der Waals surface area (Å²) in [6.45, 7) is 1.14. The van der Waals surface area contributed by atoms with Crippen LogP contribution in [-0.2, 0) is 19.0 Å². The fraction of sp³-hybridized carbons (Fsp3) is 0.333. The average Bonchev–Trinajstić information content (AvgIpc) is 2.90. The van der Waals surface area contributed by atoms with Gasteiger partial charge >= 0.3 is 5.97 Å². The molecule has 0 saturated carbocycles. The summed E-state index contributed by atoms with van der Waals surface area (Å²) >= 11 is 0. The third-order valence-electron chi connectivity index (χ3n) is 3.25. The number of hydrogen-bond donors (Lipinski definition) is 0. The Hall–Kier alpha value is -2.33. The van der Waals surface area contributed by atoms with Gasteiger partial charge < -0.3 is 9.30 Å². The lowest BCUT2D eigenvalue weighted by molar-refractivity contribution is 0.0505. The maximum absolute atomic E-state index is 13.9. The van der Waals surface area contributed by atoms with Crippen LogP contribution in [-0.4, -0.2) is 43.4 Å². The van der Waals surface area contributed by atoms with Crippen molar-refractivity contribution >= 4 is 16.1 Å². The van der Waals surface area contributed by atoms with Crippen LogP contribution >= 0.6 is 0 Å². The van der Waals surface area contributed by atoms with E-state index >= 15 is 0 Å². The molecule has 0 aliphatic heterocycles. The van der Waals surface area contributed by atoms with E-state index in [1.165, 1.54) is 12.1 Å². The van der Waals surface area contributed by atoms with Crippen LogP contribution in [0.3, 0.4) is 0 Å². The van der Waals surface area contributed by atoms with Gasteiger partial charge in [0.2, 0.25) is 5.95 Å². The zero-order chi connectivity index (χ0) is 18.6. The van der Waals surface area contributed by atoms with Crippen LogP contribution in [0.2, 0.25) is 0 Å². The highest BCUT2D eigenvalue weighted by molar-refractivity contribution is 7.85. The van der Waals surface area contributed by atoms with Crippen molar-refractivity contribution in [1.29, 1.82) is 0 Å². The van der Waals surface area contributed by atoms with Gasteiger partial charge in [-0.25, -0.2) is 14.2 Å². The summed E-state index contributed by atoms with van der Waals surface area (Å²) in [5.41, 5.74) is -0.0822. The third kappa shape index (κ3) is 4.83. The van der Waals surface area contributed by atoms with Crippen molar-refractivity contribution < 1.29 is 30.9 Å². The number of hydrogen-bond acceptors (Lipinski definition) is 6. The first-order chi connectivity index (χ1) is 11.7. The number of imidazole rings is 1. The molecule has 7 nitrogen and oxygen atoms in total. The summed E-state index contributed by atoms with van der Waals surface area (Å²) in [5, 5.41) is 0. The molecule has 0 aliphatic rings. The summed E-state index contributed by atoms with van der Waals surface area (Å²) in [6, 6.07) is 4.11. The van der Waals surface area contributed by atoms with Gasteiger partial charge in [-0.15, -0.1) is 0 Å². The van der Waals surface area contributed by atoms with E-state index in [9.17, 15) is 22.0 Å². The molecule has 1 aromatic heterocycles. The van der Waals surface area contributed by atoms with Crippen molar-refractivity contribution in [3.8, 4) is 0 Å². The largest absolute Gasteiger partial charge is 0.461 e. The lowest BCUT2D eigenvalue weighted by Crippen LogP contribution is -2.23. The highest BCUT2D eigenvalue weighted by Crippen LogP contribution is 2.23. The van der Waals surface area contributed by atoms with Crippen LogP contribution in [0.1, 0.15) is 29.0 Å². The number of halogens is 2. The molecule has 0 aliphatic carbocycles. The Balaban J connectivity index is 2.48. The Labute approximate surface area is 143 Å². The predicted octanol–water partition coefficient (Wildman–Crippen LogP) is 1.90. The number of benzene rings is 1. The van der Waals surface area contributed by atoms with E-state index in [0.717, 1.165) is 29.3 Å². The fourth-order valence-corrected chi connectivity index (χ4v) is 2.55. The fourth-order valence-electron chi connectivity index (χ4n) is 2.17. The van der Waals surface area contributed by atoms with Crippen LogP contribution < -0.4 is 0 Å². The molecule has 0 bridgehead atoms. The molecule has 10 heteroatoms. The third-order valence-corrected chi connectivity index (χ3v) is 3.81. The van der Waals surface area contributed by atoms with Crippen LogP contribution in [0.5, 0.6) is 0 Å². The summed E-state index contributed by atoms with van der Waals surface area (Å²) in [7, 11) is -3.80. The van der Waals surface area contributed by atoms with E-state index in [1.807, 2.05) is 0 Å². The predicted molar refractivity (Wildman–Crippen MR) is 83.5 cm³/mol. The van der Waals surface area contributed by atoms with Gasteiger partial charge in [0, 0.05) is 0 Å². The van der Waals surface area contributed by atoms with Crippen molar-refractivity contribution in [2.45, 2.75) is 13.0 Å². The molecular formula is C15H16F2N2O5S. The smallest absolute Gasteiger partial charge is 0.359 e. The number of carbonyl (C=O) groups excluding carboxylic acids is 1. The molecule has 0 saturated heterocycles. The van der Waals surface area contributed by atoms with E-state index < -0.39 is 46.2 Å². The molecule has 0 N–H and O–H groups in total. The highest BCUT2D eigenvalue weighted by atomic mass is 32.2. The van der Waals surface area contributed by atoms with E-state index in [2.05, 4.69) is 4.98 Å². The average molecular weight is 374 g/mol. The molecule has 1 unspecified atom stereocenters. The Kier molecular flexibility index (Phi) is 5.85. The second kappa shape index (κ2) is 7.70. The topological polar surface area (TPSA) is 87.5 Å². The maximum Gasteiger partial charge on any atom is 0.359 e. The Morgan fingerprint density at radius 3 is 2.48 bits per heavy atom. The molecule has 2 aromatic rings. The summed E-state index contributed by atoms with van der Waals surface area (Å²) in [5.74, 6) is -2.53. The number of nitrogens with zero attached hydrogens (tertiary/aromatic N) is 2. The van der Waals surface area contributed by atoms with E-state index in [-0.39, 0.29) is 6.61 Å². The number of carbonyl (C=O) groups is 1. The number of esters is 1. The summed E-state index contributed by atoms with van der Waals surface area (Å²) in [4.78, 5) is 15.4. The lowest BCUT2D eigenvalue weighted by atomic mass is 10.1. The lowest BCUT2D eigenvalue weighted by Gasteiger charge is -2.20. The molecule has 0 fully saturated rings. The van der Waals surface area contributed by atoms with Crippen LogP contribution in [0.25, 0.3) is 0 Å². The minimum absolute atomic E-state index is 0.0184. The minimum Gasteiger partial charge on any atom is -0.461 e. The highest BCUT2D eigenvalue weighted by Gasteiger charge is 2.27. The van der Waals surface area contributed by atoms with Gasteiger partial charge in [-0.1, -0.05) is 12.1 Å². The monoisotopic (exact) mass is 374 g/mol. The first kappa shape index (κ1) is 19.0. The Morgan fingerprint density at radius 2 is 1.92 bits per heavy atom. The number of aromatic nitrogens is 2.